The van der Waals surface area contributed by atoms with Crippen LogP contribution in [0.4, 0.5) is 11.4 Å². The SMILES string of the molecule is COc1ccc(NC(=O)CCCOc2ccc(C)cc2Br)c([N+](=O)[O-])c1. The van der Waals surface area contributed by atoms with Crippen LogP contribution in [0, 0.1) is 17.0 Å². The van der Waals surface area contributed by atoms with Gasteiger partial charge in [-0.05, 0) is 59.1 Å². The monoisotopic (exact) mass is 422 g/mol. The van der Waals surface area contributed by atoms with Crippen LogP contribution >= 0.6 is 15.9 Å². The predicted octanol–water partition coefficient (Wildman–Crippen LogP) is 4.47. The summed E-state index contributed by atoms with van der Waals surface area (Å²) in [6, 6.07) is 10.0. The van der Waals surface area contributed by atoms with Crippen LogP contribution in [0.25, 0.3) is 0 Å². The van der Waals surface area contributed by atoms with E-state index >= 15 is 0 Å². The maximum absolute atomic E-state index is 12.0. The zero-order chi connectivity index (χ0) is 19.1. The number of aryl methyl sites for hydroxylation is 1. The van der Waals surface area contributed by atoms with E-state index in [1.54, 1.807) is 6.07 Å². The van der Waals surface area contributed by atoms with Crippen molar-refractivity contribution in [2.75, 3.05) is 19.0 Å². The minimum atomic E-state index is -0.559. The Labute approximate surface area is 159 Å². The van der Waals surface area contributed by atoms with Crippen molar-refractivity contribution in [3.05, 3.63) is 56.5 Å². The highest BCUT2D eigenvalue weighted by atomic mass is 79.9. The third-order valence-electron chi connectivity index (χ3n) is 3.57. The van der Waals surface area contributed by atoms with Gasteiger partial charge >= 0.3 is 0 Å². The van der Waals surface area contributed by atoms with Gasteiger partial charge in [0.15, 0.2) is 0 Å². The number of hydrogen-bond donors (Lipinski definition) is 1. The fourth-order valence-electron chi connectivity index (χ4n) is 2.25. The number of nitrogens with zero attached hydrogens (tertiary/aromatic N) is 1. The van der Waals surface area contributed by atoms with Gasteiger partial charge in [0.1, 0.15) is 17.2 Å². The highest BCUT2D eigenvalue weighted by Crippen LogP contribution is 2.29. The van der Waals surface area contributed by atoms with Gasteiger partial charge in [-0.15, -0.1) is 0 Å². The fourth-order valence-corrected chi connectivity index (χ4v) is 2.85. The number of nitro groups is 1. The molecule has 1 amide bonds. The number of anilines is 1. The third-order valence-corrected chi connectivity index (χ3v) is 4.19. The highest BCUT2D eigenvalue weighted by molar-refractivity contribution is 9.10. The van der Waals surface area contributed by atoms with Crippen molar-refractivity contribution < 1.29 is 19.2 Å². The van der Waals surface area contributed by atoms with E-state index in [0.717, 1.165) is 10.0 Å². The number of ether oxygens (including phenoxy) is 2. The second-order valence-electron chi connectivity index (χ2n) is 5.57. The predicted molar refractivity (Wildman–Crippen MR) is 102 cm³/mol. The largest absolute Gasteiger partial charge is 0.496 e. The summed E-state index contributed by atoms with van der Waals surface area (Å²) in [5.74, 6) is 0.749. The zero-order valence-corrected chi connectivity index (χ0v) is 16.0. The van der Waals surface area contributed by atoms with Crippen molar-refractivity contribution in [1.29, 1.82) is 0 Å². The first-order valence-electron chi connectivity index (χ1n) is 7.92. The molecule has 2 aromatic carbocycles. The molecule has 138 valence electrons. The number of hydrogen-bond acceptors (Lipinski definition) is 5. The van der Waals surface area contributed by atoms with E-state index in [2.05, 4.69) is 21.2 Å². The average molecular weight is 423 g/mol. The standard InChI is InChI=1S/C18H19BrN2O5/c1-12-5-8-17(14(19)10-12)26-9-3-4-18(22)20-15-7-6-13(25-2)11-16(15)21(23)24/h5-8,10-11H,3-4,9H2,1-2H3,(H,20,22). The Morgan fingerprint density at radius 1 is 1.27 bits per heavy atom. The molecule has 0 bridgehead atoms. The Bertz CT molecular complexity index is 810. The summed E-state index contributed by atoms with van der Waals surface area (Å²) in [6.07, 6.45) is 0.669. The molecule has 0 saturated heterocycles. The molecule has 0 aliphatic rings. The van der Waals surface area contributed by atoms with Gasteiger partial charge in [-0.2, -0.15) is 0 Å². The summed E-state index contributed by atoms with van der Waals surface area (Å²) < 4.78 is 11.5. The van der Waals surface area contributed by atoms with E-state index in [9.17, 15) is 14.9 Å². The number of benzene rings is 2. The topological polar surface area (TPSA) is 90.7 Å². The van der Waals surface area contributed by atoms with E-state index in [1.165, 1.54) is 19.2 Å². The molecule has 0 unspecified atom stereocenters. The molecule has 0 heterocycles. The molecule has 8 heteroatoms. The molecule has 0 spiro atoms. The van der Waals surface area contributed by atoms with E-state index in [1.807, 2.05) is 25.1 Å². The van der Waals surface area contributed by atoms with Gasteiger partial charge in [-0.3, -0.25) is 14.9 Å². The first-order valence-corrected chi connectivity index (χ1v) is 8.71. The number of halogens is 1. The Balaban J connectivity index is 1.86. The van der Waals surface area contributed by atoms with Crippen LogP contribution in [-0.4, -0.2) is 24.5 Å². The Morgan fingerprint density at radius 2 is 2.04 bits per heavy atom. The molecule has 2 aromatic rings. The minimum Gasteiger partial charge on any atom is -0.496 e. The number of nitrogens with one attached hydrogen (secondary N) is 1. The molecule has 0 saturated carbocycles. The Morgan fingerprint density at radius 3 is 2.69 bits per heavy atom. The van der Waals surface area contributed by atoms with Crippen LogP contribution in [0.5, 0.6) is 11.5 Å². The second-order valence-corrected chi connectivity index (χ2v) is 6.43. The molecule has 0 radical (unpaired) electrons. The van der Waals surface area contributed by atoms with Crippen molar-refractivity contribution in [2.24, 2.45) is 0 Å². The van der Waals surface area contributed by atoms with Gasteiger partial charge in [-0.1, -0.05) is 6.07 Å². The van der Waals surface area contributed by atoms with Crippen molar-refractivity contribution in [1.82, 2.24) is 0 Å². The zero-order valence-electron chi connectivity index (χ0n) is 14.5. The molecule has 1 N–H and O–H groups in total. The van der Waals surface area contributed by atoms with Crippen LogP contribution in [0.1, 0.15) is 18.4 Å². The molecule has 7 nitrogen and oxygen atoms in total. The van der Waals surface area contributed by atoms with E-state index in [-0.39, 0.29) is 23.7 Å². The van der Waals surface area contributed by atoms with Crippen LogP contribution < -0.4 is 14.8 Å². The Kier molecular flexibility index (Phi) is 6.97. The summed E-state index contributed by atoms with van der Waals surface area (Å²) in [7, 11) is 1.42. The van der Waals surface area contributed by atoms with Crippen molar-refractivity contribution >= 4 is 33.2 Å². The van der Waals surface area contributed by atoms with Gasteiger partial charge in [0, 0.05) is 6.42 Å². The molecule has 0 atom stereocenters. The molecular weight excluding hydrogens is 404 g/mol. The van der Waals surface area contributed by atoms with Crippen LogP contribution in [-0.2, 0) is 4.79 Å². The lowest BCUT2D eigenvalue weighted by atomic mass is 10.2. The fraction of sp³-hybridized carbons (Fsp3) is 0.278. The minimum absolute atomic E-state index is 0.142. The number of carbonyl (C=O) groups excluding carboxylic acids is 1. The summed E-state index contributed by atoms with van der Waals surface area (Å²) >= 11 is 3.43. The summed E-state index contributed by atoms with van der Waals surface area (Å²) in [5, 5.41) is 13.7. The first kappa shape index (κ1) is 19.7. The number of rotatable bonds is 8. The summed E-state index contributed by atoms with van der Waals surface area (Å²) in [5.41, 5.74) is 1.05. The normalized spacial score (nSPS) is 10.3. The molecule has 0 aromatic heterocycles. The molecule has 0 aliphatic heterocycles. The number of methoxy groups -OCH3 is 1. The lowest BCUT2D eigenvalue weighted by Gasteiger charge is -2.09. The van der Waals surface area contributed by atoms with Gasteiger partial charge in [-0.25, -0.2) is 0 Å². The van der Waals surface area contributed by atoms with Crippen molar-refractivity contribution in [3.63, 3.8) is 0 Å². The van der Waals surface area contributed by atoms with Crippen molar-refractivity contribution in [2.45, 2.75) is 19.8 Å². The first-order chi connectivity index (χ1) is 12.4. The van der Waals surface area contributed by atoms with Crippen molar-refractivity contribution in [3.8, 4) is 11.5 Å². The number of nitro benzene ring substituents is 1. The van der Waals surface area contributed by atoms with E-state index < -0.39 is 4.92 Å². The van der Waals surface area contributed by atoms with Crippen LogP contribution in [0.15, 0.2) is 40.9 Å². The maximum atomic E-state index is 12.0. The molecule has 26 heavy (non-hydrogen) atoms. The summed E-state index contributed by atoms with van der Waals surface area (Å²) in [6.45, 7) is 2.34. The smallest absolute Gasteiger partial charge is 0.296 e. The van der Waals surface area contributed by atoms with E-state index in [0.29, 0.717) is 24.5 Å². The lowest BCUT2D eigenvalue weighted by Crippen LogP contribution is -2.14. The number of carbonyl (C=O) groups is 1. The van der Waals surface area contributed by atoms with Gasteiger partial charge in [0.2, 0.25) is 5.91 Å². The molecule has 0 aliphatic carbocycles. The molecule has 0 fully saturated rings. The average Bonchev–Trinajstić information content (AvgIpc) is 2.60. The second kappa shape index (κ2) is 9.19. The summed E-state index contributed by atoms with van der Waals surface area (Å²) in [4.78, 5) is 22.6. The Hall–Kier alpha value is -2.61. The maximum Gasteiger partial charge on any atom is 0.296 e. The quantitative estimate of drug-likeness (QED) is 0.384. The van der Waals surface area contributed by atoms with Crippen LogP contribution in [0.3, 0.4) is 0 Å². The van der Waals surface area contributed by atoms with Gasteiger partial charge in [0.05, 0.1) is 29.2 Å². The lowest BCUT2D eigenvalue weighted by molar-refractivity contribution is -0.384. The highest BCUT2D eigenvalue weighted by Gasteiger charge is 2.17. The van der Waals surface area contributed by atoms with Gasteiger partial charge < -0.3 is 14.8 Å². The van der Waals surface area contributed by atoms with E-state index in [4.69, 9.17) is 9.47 Å². The van der Waals surface area contributed by atoms with Crippen LogP contribution in [0.2, 0.25) is 0 Å². The van der Waals surface area contributed by atoms with Gasteiger partial charge in [0.25, 0.3) is 5.69 Å². The molecule has 2 rings (SSSR count). The molecular formula is C18H19BrN2O5. The number of amides is 1. The third kappa shape index (κ3) is 5.45.